The minimum atomic E-state index is -1.75. The number of allylic oxidation sites excluding steroid dienone is 2. The maximum absolute atomic E-state index is 13.2. The number of rotatable bonds is 6. The Bertz CT molecular complexity index is 993. The van der Waals surface area contributed by atoms with E-state index in [9.17, 15) is 19.6 Å². The Morgan fingerprint density at radius 2 is 2.07 bits per heavy atom. The summed E-state index contributed by atoms with van der Waals surface area (Å²) in [4.78, 5) is 39.3. The van der Waals surface area contributed by atoms with Crippen molar-refractivity contribution >= 4 is 17.7 Å². The van der Waals surface area contributed by atoms with Gasteiger partial charge in [-0.05, 0) is 31.5 Å². The average Bonchev–Trinajstić information content (AvgIpc) is 3.04. The van der Waals surface area contributed by atoms with E-state index in [0.29, 0.717) is 16.9 Å². The lowest BCUT2D eigenvalue weighted by Gasteiger charge is -2.32. The minimum absolute atomic E-state index is 0.0688. The van der Waals surface area contributed by atoms with Crippen LogP contribution in [0.4, 0.5) is 0 Å². The highest BCUT2D eigenvalue weighted by atomic mass is 16.5. The number of nitrogens with zero attached hydrogens (tertiary/aromatic N) is 2. The van der Waals surface area contributed by atoms with Crippen molar-refractivity contribution in [2.24, 2.45) is 11.1 Å². The van der Waals surface area contributed by atoms with E-state index in [1.165, 1.54) is 25.1 Å². The van der Waals surface area contributed by atoms with Gasteiger partial charge in [0.25, 0.3) is 0 Å². The number of carbonyl (C=O) groups excluding carboxylic acids is 3. The molecule has 1 saturated heterocycles. The molecular weight excluding hydrogens is 386 g/mol. The molecule has 0 aromatic heterocycles. The number of amides is 1. The van der Waals surface area contributed by atoms with E-state index in [0.717, 1.165) is 0 Å². The molecular formula is C22H23N3O5. The predicted octanol–water partition coefficient (Wildman–Crippen LogP) is 1.43. The van der Waals surface area contributed by atoms with E-state index in [1.807, 2.05) is 0 Å². The molecule has 1 aromatic carbocycles. The number of primary amides is 1. The Morgan fingerprint density at radius 3 is 2.63 bits per heavy atom. The molecule has 1 fully saturated rings. The average molecular weight is 409 g/mol. The topological polar surface area (TPSA) is 123 Å². The Hall–Kier alpha value is -3.60. The third kappa shape index (κ3) is 3.12. The highest BCUT2D eigenvalue weighted by Crippen LogP contribution is 2.54. The molecule has 8 nitrogen and oxygen atoms in total. The number of fused-ring (bicyclic) bond motifs is 1. The number of nitrogens with two attached hydrogens (primary N) is 1. The van der Waals surface area contributed by atoms with E-state index in [-0.39, 0.29) is 12.4 Å². The highest BCUT2D eigenvalue weighted by molar-refractivity contribution is 5.97. The zero-order valence-electron chi connectivity index (χ0n) is 17.0. The molecule has 0 saturated carbocycles. The molecule has 0 radical (unpaired) electrons. The zero-order valence-corrected chi connectivity index (χ0v) is 17.0. The van der Waals surface area contributed by atoms with Gasteiger partial charge in [-0.2, -0.15) is 5.26 Å². The molecule has 30 heavy (non-hydrogen) atoms. The standard InChI is InChI=1S/C22H23N3O5/c1-4-30-21(28)22(12-23)17-9-8-15(13(2)26)11-25(17)19(20(24)27)18(22)14-6-5-7-16(10-14)29-3/h5-11,17-19H,4H2,1-3H3,(H2,24,27)/t17-,18-,19-,22+/m1/s1. The van der Waals surface area contributed by atoms with Crippen molar-refractivity contribution in [2.45, 2.75) is 31.8 Å². The second kappa shape index (κ2) is 8.03. The van der Waals surface area contributed by atoms with Crippen LogP contribution in [-0.2, 0) is 19.1 Å². The van der Waals surface area contributed by atoms with Crippen molar-refractivity contribution in [3.05, 3.63) is 53.8 Å². The SMILES string of the molecule is CCOC(=O)[C@]1(C#N)[C@H](c2cccc(OC)c2)[C@H](C(N)=O)N2C=C(C(C)=O)C=C[C@@H]21. The number of carbonyl (C=O) groups is 3. The van der Waals surface area contributed by atoms with Gasteiger partial charge in [0.15, 0.2) is 11.2 Å². The van der Waals surface area contributed by atoms with Crippen molar-refractivity contribution in [3.63, 3.8) is 0 Å². The Balaban J connectivity index is 2.30. The largest absolute Gasteiger partial charge is 0.497 e. The van der Waals surface area contributed by atoms with Gasteiger partial charge in [0.05, 0.1) is 25.8 Å². The summed E-state index contributed by atoms with van der Waals surface area (Å²) in [6, 6.07) is 7.08. The van der Waals surface area contributed by atoms with Gasteiger partial charge in [0, 0.05) is 17.7 Å². The van der Waals surface area contributed by atoms with Crippen LogP contribution in [0.3, 0.4) is 0 Å². The van der Waals surface area contributed by atoms with Crippen LogP contribution >= 0.6 is 0 Å². The molecule has 2 N–H and O–H groups in total. The normalized spacial score (nSPS) is 26.9. The van der Waals surface area contributed by atoms with Gasteiger partial charge >= 0.3 is 5.97 Å². The summed E-state index contributed by atoms with van der Waals surface area (Å²) in [7, 11) is 1.50. The van der Waals surface area contributed by atoms with Crippen LogP contribution in [0.5, 0.6) is 5.75 Å². The van der Waals surface area contributed by atoms with Gasteiger partial charge < -0.3 is 20.1 Å². The molecule has 0 spiro atoms. The summed E-state index contributed by atoms with van der Waals surface area (Å²) in [6.07, 6.45) is 4.64. The first kappa shape index (κ1) is 21.1. The van der Waals surface area contributed by atoms with E-state index < -0.39 is 35.3 Å². The fourth-order valence-electron chi connectivity index (χ4n) is 4.30. The van der Waals surface area contributed by atoms with Gasteiger partial charge in [-0.15, -0.1) is 0 Å². The number of Topliss-reactive ketones (excluding diaryl/α,β-unsaturated/α-hetero) is 1. The van der Waals surface area contributed by atoms with E-state index in [4.69, 9.17) is 15.2 Å². The van der Waals surface area contributed by atoms with Crippen LogP contribution in [0.2, 0.25) is 0 Å². The van der Waals surface area contributed by atoms with Crippen molar-refractivity contribution < 1.29 is 23.9 Å². The number of ketones is 1. The van der Waals surface area contributed by atoms with Crippen LogP contribution in [0, 0.1) is 16.7 Å². The predicted molar refractivity (Wildman–Crippen MR) is 107 cm³/mol. The number of hydrogen-bond donors (Lipinski definition) is 1. The van der Waals surface area contributed by atoms with Crippen LogP contribution in [0.15, 0.2) is 48.2 Å². The smallest absolute Gasteiger partial charge is 0.329 e. The van der Waals surface area contributed by atoms with Crippen LogP contribution in [-0.4, -0.2) is 48.4 Å². The van der Waals surface area contributed by atoms with Crippen molar-refractivity contribution in [1.29, 1.82) is 5.26 Å². The molecule has 3 rings (SSSR count). The van der Waals surface area contributed by atoms with Crippen molar-refractivity contribution in [1.82, 2.24) is 4.90 Å². The van der Waals surface area contributed by atoms with E-state index in [2.05, 4.69) is 6.07 Å². The van der Waals surface area contributed by atoms with E-state index in [1.54, 1.807) is 43.3 Å². The molecule has 156 valence electrons. The first-order valence-corrected chi connectivity index (χ1v) is 9.51. The molecule has 0 bridgehead atoms. The van der Waals surface area contributed by atoms with Gasteiger partial charge in [-0.3, -0.25) is 14.4 Å². The monoisotopic (exact) mass is 409 g/mol. The molecule has 2 aliphatic rings. The number of esters is 1. The fraction of sp³-hybridized carbons (Fsp3) is 0.364. The van der Waals surface area contributed by atoms with E-state index >= 15 is 0 Å². The summed E-state index contributed by atoms with van der Waals surface area (Å²) in [5, 5.41) is 10.3. The summed E-state index contributed by atoms with van der Waals surface area (Å²) < 4.78 is 10.6. The molecule has 2 aliphatic heterocycles. The number of benzene rings is 1. The molecule has 1 aromatic rings. The molecule has 2 heterocycles. The highest BCUT2D eigenvalue weighted by Gasteiger charge is 2.66. The van der Waals surface area contributed by atoms with Gasteiger partial charge in [0.2, 0.25) is 5.91 Å². The second-order valence-electron chi connectivity index (χ2n) is 7.19. The second-order valence-corrected chi connectivity index (χ2v) is 7.19. The summed E-state index contributed by atoms with van der Waals surface area (Å²) >= 11 is 0. The summed E-state index contributed by atoms with van der Waals surface area (Å²) in [6.45, 7) is 3.11. The fourth-order valence-corrected chi connectivity index (χ4v) is 4.30. The van der Waals surface area contributed by atoms with Crippen LogP contribution < -0.4 is 10.5 Å². The molecule has 0 aliphatic carbocycles. The Morgan fingerprint density at radius 1 is 1.33 bits per heavy atom. The van der Waals surface area contributed by atoms with Crippen molar-refractivity contribution in [2.75, 3.05) is 13.7 Å². The Kier molecular flexibility index (Phi) is 5.65. The first-order valence-electron chi connectivity index (χ1n) is 9.51. The molecule has 0 unspecified atom stereocenters. The minimum Gasteiger partial charge on any atom is -0.497 e. The molecule has 4 atom stereocenters. The molecule has 1 amide bonds. The van der Waals surface area contributed by atoms with Gasteiger partial charge in [0.1, 0.15) is 11.8 Å². The summed E-state index contributed by atoms with van der Waals surface area (Å²) in [5.41, 5.74) is 4.89. The number of ether oxygens (including phenoxy) is 2. The third-order valence-corrected chi connectivity index (χ3v) is 5.61. The Labute approximate surface area is 174 Å². The third-order valence-electron chi connectivity index (χ3n) is 5.61. The number of methoxy groups -OCH3 is 1. The molecule has 8 heteroatoms. The summed E-state index contributed by atoms with van der Waals surface area (Å²) in [5.74, 6) is -2.11. The van der Waals surface area contributed by atoms with Crippen molar-refractivity contribution in [3.8, 4) is 11.8 Å². The lowest BCUT2D eigenvalue weighted by molar-refractivity contribution is -0.153. The maximum atomic E-state index is 13.2. The lowest BCUT2D eigenvalue weighted by Crippen LogP contribution is -2.45. The first-order chi connectivity index (χ1) is 14.3. The number of nitriles is 1. The maximum Gasteiger partial charge on any atom is 0.329 e. The van der Waals surface area contributed by atoms with Gasteiger partial charge in [-0.1, -0.05) is 24.3 Å². The number of hydrogen-bond acceptors (Lipinski definition) is 7. The lowest BCUT2D eigenvalue weighted by atomic mass is 9.68. The quantitative estimate of drug-likeness (QED) is 0.705. The zero-order chi connectivity index (χ0) is 22.1. The van der Waals surface area contributed by atoms with Gasteiger partial charge in [-0.25, -0.2) is 0 Å². The van der Waals surface area contributed by atoms with Crippen LogP contribution in [0.25, 0.3) is 0 Å². The van der Waals surface area contributed by atoms with Crippen LogP contribution in [0.1, 0.15) is 25.3 Å².